The Labute approximate surface area is 82.4 Å². The summed E-state index contributed by atoms with van der Waals surface area (Å²) >= 11 is 0. The minimum Gasteiger partial charge on any atom is -0.483 e. The number of nitro benzene ring substituents is 1. The van der Waals surface area contributed by atoms with Gasteiger partial charge in [0.05, 0.1) is 11.0 Å². The van der Waals surface area contributed by atoms with Crippen molar-refractivity contribution in [3.8, 4) is 5.75 Å². The van der Waals surface area contributed by atoms with Gasteiger partial charge in [-0.3, -0.25) is 14.9 Å². The molecule has 0 unspecified atom stereocenters. The van der Waals surface area contributed by atoms with Crippen LogP contribution in [0.5, 0.6) is 5.75 Å². The molecule has 0 fully saturated rings. The summed E-state index contributed by atoms with van der Waals surface area (Å²) in [6.45, 7) is -0.450. The van der Waals surface area contributed by atoms with Gasteiger partial charge in [0.1, 0.15) is 6.61 Å². The first-order chi connectivity index (χ1) is 7.06. The lowest BCUT2D eigenvalue weighted by atomic mass is 10.3. The number of hydrogen-bond donors (Lipinski definition) is 0. The van der Waals surface area contributed by atoms with E-state index in [1.54, 1.807) is 0 Å². The number of carbonyl (C=O) groups is 1. The quantitative estimate of drug-likeness (QED) is 0.434. The highest BCUT2D eigenvalue weighted by Crippen LogP contribution is 2.26. The van der Waals surface area contributed by atoms with Crippen LogP contribution in [-0.2, 0) is 4.79 Å². The average molecular weight is 217 g/mol. The maximum atomic E-state index is 13.0. The maximum Gasteiger partial charge on any atom is 0.307 e. The molecule has 1 rings (SSSR count). The molecule has 5 nitrogen and oxygen atoms in total. The van der Waals surface area contributed by atoms with Gasteiger partial charge in [0.25, 0.3) is 0 Å². The topological polar surface area (TPSA) is 69.4 Å². The largest absolute Gasteiger partial charge is 0.483 e. The maximum absolute atomic E-state index is 13.0. The van der Waals surface area contributed by atoms with Crippen molar-refractivity contribution >= 4 is 12.0 Å². The molecule has 0 atom stereocenters. The highest BCUT2D eigenvalue weighted by molar-refractivity contribution is 5.51. The molecule has 80 valence electrons. The zero-order chi connectivity index (χ0) is 11.4. The van der Waals surface area contributed by atoms with Crippen LogP contribution in [0.3, 0.4) is 0 Å². The Bertz CT molecular complexity index is 408. The monoisotopic (exact) mass is 217 g/mol. The van der Waals surface area contributed by atoms with E-state index in [0.29, 0.717) is 18.4 Å². The number of benzene rings is 1. The van der Waals surface area contributed by atoms with Gasteiger partial charge in [0.2, 0.25) is 5.82 Å². The van der Waals surface area contributed by atoms with Crippen LogP contribution in [0.25, 0.3) is 0 Å². The third-order valence-corrected chi connectivity index (χ3v) is 1.50. The zero-order valence-corrected chi connectivity index (χ0v) is 7.28. The van der Waals surface area contributed by atoms with Gasteiger partial charge in [-0.05, 0) is 0 Å². The summed E-state index contributed by atoms with van der Waals surface area (Å²) in [5.74, 6) is -2.85. The summed E-state index contributed by atoms with van der Waals surface area (Å²) in [4.78, 5) is 19.0. The molecule has 0 aliphatic heterocycles. The van der Waals surface area contributed by atoms with Gasteiger partial charge in [-0.25, -0.2) is 4.39 Å². The van der Waals surface area contributed by atoms with Crippen LogP contribution in [-0.4, -0.2) is 17.8 Å². The predicted octanol–water partition coefficient (Wildman–Crippen LogP) is 1.45. The van der Waals surface area contributed by atoms with E-state index in [0.717, 1.165) is 0 Å². The molecule has 1 aromatic rings. The number of hydrogen-bond acceptors (Lipinski definition) is 4. The van der Waals surface area contributed by atoms with Crippen LogP contribution < -0.4 is 4.74 Å². The Hall–Kier alpha value is -2.05. The Balaban J connectivity index is 3.07. The average Bonchev–Trinajstić information content (AvgIpc) is 2.18. The summed E-state index contributed by atoms with van der Waals surface area (Å²) < 4.78 is 30.4. The molecule has 7 heteroatoms. The van der Waals surface area contributed by atoms with Crippen molar-refractivity contribution in [3.63, 3.8) is 0 Å². The number of ether oxygens (including phenoxy) is 1. The van der Waals surface area contributed by atoms with Crippen molar-refractivity contribution in [2.75, 3.05) is 6.61 Å². The fourth-order valence-electron chi connectivity index (χ4n) is 0.892. The molecule has 0 heterocycles. The summed E-state index contributed by atoms with van der Waals surface area (Å²) in [6, 6.07) is 0.923. The van der Waals surface area contributed by atoms with E-state index in [2.05, 4.69) is 4.74 Å². The Morgan fingerprint density at radius 3 is 2.60 bits per heavy atom. The highest BCUT2D eigenvalue weighted by atomic mass is 19.1. The molecular formula is C8H5F2NO4. The van der Waals surface area contributed by atoms with Gasteiger partial charge in [-0.15, -0.1) is 0 Å². The Kier molecular flexibility index (Phi) is 3.27. The molecule has 0 aromatic heterocycles. The first-order valence-corrected chi connectivity index (χ1v) is 3.76. The SMILES string of the molecule is O=CCOc1cc(F)c([N+](=O)[O-])cc1F. The van der Waals surface area contributed by atoms with Crippen molar-refractivity contribution < 1.29 is 23.2 Å². The summed E-state index contributed by atoms with van der Waals surface area (Å²) in [6.07, 6.45) is 0.346. The van der Waals surface area contributed by atoms with Crippen LogP contribution >= 0.6 is 0 Å². The summed E-state index contributed by atoms with van der Waals surface area (Å²) in [5.41, 5.74) is -0.981. The second-order valence-corrected chi connectivity index (χ2v) is 2.47. The van der Waals surface area contributed by atoms with E-state index in [-0.39, 0.29) is 0 Å². The Morgan fingerprint density at radius 1 is 1.40 bits per heavy atom. The second kappa shape index (κ2) is 4.45. The van der Waals surface area contributed by atoms with E-state index < -0.39 is 34.6 Å². The van der Waals surface area contributed by atoms with Gasteiger partial charge in [-0.1, -0.05) is 0 Å². The van der Waals surface area contributed by atoms with Gasteiger partial charge in [0, 0.05) is 6.07 Å². The molecule has 0 amide bonds. The van der Waals surface area contributed by atoms with E-state index in [1.807, 2.05) is 0 Å². The molecule has 0 spiro atoms. The van der Waals surface area contributed by atoms with E-state index in [4.69, 9.17) is 0 Å². The summed E-state index contributed by atoms with van der Waals surface area (Å²) in [5, 5.41) is 10.2. The number of carbonyl (C=O) groups excluding carboxylic acids is 1. The fourth-order valence-corrected chi connectivity index (χ4v) is 0.892. The number of aldehydes is 1. The van der Waals surface area contributed by atoms with Gasteiger partial charge in [0.15, 0.2) is 17.9 Å². The van der Waals surface area contributed by atoms with Gasteiger partial charge < -0.3 is 4.74 Å². The lowest BCUT2D eigenvalue weighted by Crippen LogP contribution is -2.02. The van der Waals surface area contributed by atoms with Crippen molar-refractivity contribution in [1.82, 2.24) is 0 Å². The lowest BCUT2D eigenvalue weighted by Gasteiger charge is -2.03. The smallest absolute Gasteiger partial charge is 0.307 e. The molecule has 0 radical (unpaired) electrons. The number of nitrogens with zero attached hydrogens (tertiary/aromatic N) is 1. The first kappa shape index (κ1) is 11.0. The minimum absolute atomic E-state index is 0.346. The standard InChI is InChI=1S/C8H5F2NO4/c9-5-4-8(15-2-1-12)6(10)3-7(5)11(13)14/h1,3-4H,2H2. The van der Waals surface area contributed by atoms with Gasteiger partial charge >= 0.3 is 5.69 Å². The fraction of sp³-hybridized carbons (Fsp3) is 0.125. The van der Waals surface area contributed by atoms with E-state index >= 15 is 0 Å². The predicted molar refractivity (Wildman–Crippen MR) is 44.6 cm³/mol. The molecule has 15 heavy (non-hydrogen) atoms. The Morgan fingerprint density at radius 2 is 2.07 bits per heavy atom. The second-order valence-electron chi connectivity index (χ2n) is 2.47. The third-order valence-electron chi connectivity index (χ3n) is 1.50. The lowest BCUT2D eigenvalue weighted by molar-refractivity contribution is -0.387. The molecule has 0 N–H and O–H groups in total. The van der Waals surface area contributed by atoms with Crippen molar-refractivity contribution in [1.29, 1.82) is 0 Å². The zero-order valence-electron chi connectivity index (χ0n) is 7.28. The molecule has 0 aliphatic rings. The molecular weight excluding hydrogens is 212 g/mol. The highest BCUT2D eigenvalue weighted by Gasteiger charge is 2.19. The number of halogens is 2. The van der Waals surface area contributed by atoms with Crippen LogP contribution in [0.15, 0.2) is 12.1 Å². The minimum atomic E-state index is -1.22. The molecule has 0 aliphatic carbocycles. The van der Waals surface area contributed by atoms with Crippen LogP contribution in [0.4, 0.5) is 14.5 Å². The van der Waals surface area contributed by atoms with Crippen molar-refractivity contribution in [2.45, 2.75) is 0 Å². The van der Waals surface area contributed by atoms with Gasteiger partial charge in [-0.2, -0.15) is 4.39 Å². The number of nitro groups is 1. The van der Waals surface area contributed by atoms with Crippen LogP contribution in [0.1, 0.15) is 0 Å². The van der Waals surface area contributed by atoms with Crippen molar-refractivity contribution in [2.24, 2.45) is 0 Å². The normalized spacial score (nSPS) is 9.73. The van der Waals surface area contributed by atoms with E-state index in [9.17, 15) is 23.7 Å². The van der Waals surface area contributed by atoms with Crippen LogP contribution in [0, 0.1) is 21.7 Å². The molecule has 0 saturated heterocycles. The summed E-state index contributed by atoms with van der Waals surface area (Å²) in [7, 11) is 0. The first-order valence-electron chi connectivity index (χ1n) is 3.76. The van der Waals surface area contributed by atoms with E-state index in [1.165, 1.54) is 0 Å². The third kappa shape index (κ3) is 2.46. The number of rotatable bonds is 4. The molecule has 1 aromatic carbocycles. The van der Waals surface area contributed by atoms with Crippen LogP contribution in [0.2, 0.25) is 0 Å². The van der Waals surface area contributed by atoms with Crippen molar-refractivity contribution in [3.05, 3.63) is 33.9 Å². The molecule has 0 bridgehead atoms. The molecule has 0 saturated carbocycles.